The van der Waals surface area contributed by atoms with Crippen molar-refractivity contribution in [3.63, 3.8) is 0 Å². The highest BCUT2D eigenvalue weighted by Crippen LogP contribution is 2.41. The Morgan fingerprint density at radius 3 is 2.76 bits per heavy atom. The molecule has 17 heavy (non-hydrogen) atoms. The van der Waals surface area contributed by atoms with Crippen molar-refractivity contribution in [3.05, 3.63) is 11.2 Å². The van der Waals surface area contributed by atoms with E-state index in [1.807, 2.05) is 6.26 Å². The Kier molecular flexibility index (Phi) is 3.44. The number of hydrogen-bond acceptors (Lipinski definition) is 6. The average molecular weight is 275 g/mol. The van der Waals surface area contributed by atoms with Crippen molar-refractivity contribution in [1.29, 1.82) is 0 Å². The van der Waals surface area contributed by atoms with Crippen LogP contribution in [0.3, 0.4) is 0 Å². The molecule has 0 N–H and O–H groups in total. The fraction of sp³-hybridized carbons (Fsp3) is 0.500. The molecule has 0 radical (unpaired) electrons. The summed E-state index contributed by atoms with van der Waals surface area (Å²) in [5.74, 6) is -0.0739. The molecule has 0 aliphatic heterocycles. The van der Waals surface area contributed by atoms with E-state index in [-0.39, 0.29) is 5.97 Å². The lowest BCUT2D eigenvalue weighted by Gasteiger charge is -2.14. The Morgan fingerprint density at radius 1 is 1.53 bits per heavy atom. The van der Waals surface area contributed by atoms with E-state index >= 15 is 0 Å². The molecule has 0 saturated heterocycles. The number of thioether (sulfide) groups is 1. The van der Waals surface area contributed by atoms with Gasteiger partial charge in [0.1, 0.15) is 5.15 Å². The van der Waals surface area contributed by atoms with Crippen molar-refractivity contribution in [2.24, 2.45) is 0 Å². The molecule has 1 aromatic heterocycles. The van der Waals surface area contributed by atoms with E-state index in [1.165, 1.54) is 24.9 Å². The standard InChI is InChI=1S/C10H11ClN2O3S/c1-15-8(14)10(3-4-10)16-7-5-6(11)12-9(13-7)17-2/h5H,3-4H2,1-2H3. The maximum Gasteiger partial charge on any atom is 0.350 e. The van der Waals surface area contributed by atoms with Crippen LogP contribution in [0.15, 0.2) is 11.2 Å². The highest BCUT2D eigenvalue weighted by molar-refractivity contribution is 7.98. The van der Waals surface area contributed by atoms with E-state index in [1.54, 1.807) is 0 Å². The lowest BCUT2D eigenvalue weighted by atomic mass is 10.3. The second kappa shape index (κ2) is 4.70. The first kappa shape index (κ1) is 12.4. The number of rotatable bonds is 4. The molecule has 1 fully saturated rings. The van der Waals surface area contributed by atoms with Gasteiger partial charge in [-0.1, -0.05) is 23.4 Å². The number of aromatic nitrogens is 2. The molecule has 92 valence electrons. The summed E-state index contributed by atoms with van der Waals surface area (Å²) in [6.07, 6.45) is 3.11. The normalized spacial score (nSPS) is 16.4. The lowest BCUT2D eigenvalue weighted by molar-refractivity contribution is -0.151. The Hall–Kier alpha value is -1.01. The Balaban J connectivity index is 2.19. The smallest absolute Gasteiger partial charge is 0.350 e. The van der Waals surface area contributed by atoms with Gasteiger partial charge in [-0.2, -0.15) is 4.98 Å². The minimum atomic E-state index is -0.873. The van der Waals surface area contributed by atoms with Crippen LogP contribution in [0.2, 0.25) is 5.15 Å². The predicted molar refractivity (Wildman–Crippen MR) is 63.4 cm³/mol. The molecule has 0 atom stereocenters. The predicted octanol–water partition coefficient (Wildman–Crippen LogP) is 1.94. The Morgan fingerprint density at radius 2 is 2.24 bits per heavy atom. The number of halogens is 1. The molecule has 7 heteroatoms. The number of esters is 1. The monoisotopic (exact) mass is 274 g/mol. The summed E-state index contributed by atoms with van der Waals surface area (Å²) < 4.78 is 10.3. The molecule has 0 bridgehead atoms. The van der Waals surface area contributed by atoms with Crippen LogP contribution in [0.1, 0.15) is 12.8 Å². The largest absolute Gasteiger partial charge is 0.466 e. The van der Waals surface area contributed by atoms with E-state index in [9.17, 15) is 4.79 Å². The minimum absolute atomic E-state index is 0.292. The Labute approximate surface area is 108 Å². The molecule has 5 nitrogen and oxygen atoms in total. The molecule has 1 aromatic rings. The van der Waals surface area contributed by atoms with Gasteiger partial charge in [-0.05, 0) is 6.26 Å². The van der Waals surface area contributed by atoms with Crippen LogP contribution in [-0.2, 0) is 9.53 Å². The number of carbonyl (C=O) groups excluding carboxylic acids is 1. The van der Waals surface area contributed by atoms with Gasteiger partial charge in [-0.15, -0.1) is 0 Å². The van der Waals surface area contributed by atoms with Crippen molar-refractivity contribution in [2.75, 3.05) is 13.4 Å². The third-order valence-electron chi connectivity index (χ3n) is 2.39. The van der Waals surface area contributed by atoms with Gasteiger partial charge in [0.05, 0.1) is 7.11 Å². The number of hydrogen-bond donors (Lipinski definition) is 0. The SMILES string of the molecule is COC(=O)C1(Oc2cc(Cl)nc(SC)n2)CC1. The first-order valence-corrected chi connectivity index (χ1v) is 6.56. The van der Waals surface area contributed by atoms with Crippen LogP contribution in [0.4, 0.5) is 0 Å². The zero-order chi connectivity index (χ0) is 12.5. The maximum atomic E-state index is 11.5. The number of carbonyl (C=O) groups is 1. The zero-order valence-corrected chi connectivity index (χ0v) is 11.0. The third kappa shape index (κ3) is 2.63. The lowest BCUT2D eigenvalue weighted by Crippen LogP contribution is -2.31. The molecule has 0 amide bonds. The molecule has 1 saturated carbocycles. The fourth-order valence-corrected chi connectivity index (χ4v) is 1.96. The van der Waals surface area contributed by atoms with Gasteiger partial charge in [0.2, 0.25) is 11.5 Å². The van der Waals surface area contributed by atoms with E-state index in [0.717, 1.165) is 0 Å². The van der Waals surface area contributed by atoms with Gasteiger partial charge in [0.15, 0.2) is 5.16 Å². The van der Waals surface area contributed by atoms with E-state index < -0.39 is 5.60 Å². The molecular weight excluding hydrogens is 264 g/mol. The van der Waals surface area contributed by atoms with Gasteiger partial charge < -0.3 is 9.47 Å². The van der Waals surface area contributed by atoms with Gasteiger partial charge >= 0.3 is 5.97 Å². The molecule has 0 unspecified atom stereocenters. The molecule has 0 spiro atoms. The summed E-state index contributed by atoms with van der Waals surface area (Å²) in [4.78, 5) is 19.6. The minimum Gasteiger partial charge on any atom is -0.466 e. The summed E-state index contributed by atoms with van der Waals surface area (Å²) in [7, 11) is 1.34. The third-order valence-corrected chi connectivity index (χ3v) is 3.14. The van der Waals surface area contributed by atoms with Crippen LogP contribution in [0, 0.1) is 0 Å². The summed E-state index contributed by atoms with van der Waals surface area (Å²) in [5.41, 5.74) is -0.873. The second-order valence-corrected chi connectivity index (χ2v) is 4.76. The van der Waals surface area contributed by atoms with Crippen LogP contribution in [0.5, 0.6) is 5.88 Å². The van der Waals surface area contributed by atoms with Crippen LogP contribution in [-0.4, -0.2) is 34.9 Å². The van der Waals surface area contributed by atoms with Crippen molar-refractivity contribution in [1.82, 2.24) is 9.97 Å². The summed E-state index contributed by atoms with van der Waals surface area (Å²) in [6.45, 7) is 0. The van der Waals surface area contributed by atoms with Crippen LogP contribution < -0.4 is 4.74 Å². The summed E-state index contributed by atoms with van der Waals surface area (Å²) in [6, 6.07) is 1.49. The molecule has 0 aromatic carbocycles. The molecule has 1 heterocycles. The number of ether oxygens (including phenoxy) is 2. The second-order valence-electron chi connectivity index (χ2n) is 3.60. The highest BCUT2D eigenvalue weighted by Gasteiger charge is 2.54. The number of nitrogens with zero attached hydrogens (tertiary/aromatic N) is 2. The molecule has 1 aliphatic carbocycles. The summed E-state index contributed by atoms with van der Waals surface area (Å²) in [5, 5.41) is 0.799. The van der Waals surface area contributed by atoms with Gasteiger partial charge in [0.25, 0.3) is 0 Å². The van der Waals surface area contributed by atoms with E-state index in [0.29, 0.717) is 29.0 Å². The van der Waals surface area contributed by atoms with Crippen molar-refractivity contribution >= 4 is 29.3 Å². The summed E-state index contributed by atoms with van der Waals surface area (Å²) >= 11 is 7.19. The van der Waals surface area contributed by atoms with E-state index in [2.05, 4.69) is 9.97 Å². The molecule has 2 rings (SSSR count). The van der Waals surface area contributed by atoms with Gasteiger partial charge in [-0.3, -0.25) is 0 Å². The van der Waals surface area contributed by atoms with Crippen LogP contribution >= 0.6 is 23.4 Å². The quantitative estimate of drug-likeness (QED) is 0.362. The van der Waals surface area contributed by atoms with Gasteiger partial charge in [0, 0.05) is 18.9 Å². The first-order chi connectivity index (χ1) is 8.09. The first-order valence-electron chi connectivity index (χ1n) is 4.95. The molecular formula is C10H11ClN2O3S. The fourth-order valence-electron chi connectivity index (χ4n) is 1.37. The topological polar surface area (TPSA) is 61.3 Å². The van der Waals surface area contributed by atoms with Crippen molar-refractivity contribution in [3.8, 4) is 5.88 Å². The van der Waals surface area contributed by atoms with E-state index in [4.69, 9.17) is 21.1 Å². The van der Waals surface area contributed by atoms with Crippen LogP contribution in [0.25, 0.3) is 0 Å². The van der Waals surface area contributed by atoms with Gasteiger partial charge in [-0.25, -0.2) is 9.78 Å². The average Bonchev–Trinajstić information content (AvgIpc) is 3.08. The molecule has 1 aliphatic rings. The number of methoxy groups -OCH3 is 1. The van der Waals surface area contributed by atoms with Crippen molar-refractivity contribution in [2.45, 2.75) is 23.6 Å². The highest BCUT2D eigenvalue weighted by atomic mass is 35.5. The zero-order valence-electron chi connectivity index (χ0n) is 9.40. The maximum absolute atomic E-state index is 11.5. The van der Waals surface area contributed by atoms with Crippen molar-refractivity contribution < 1.29 is 14.3 Å². The Bertz CT molecular complexity index is 451.